The smallest absolute Gasteiger partial charge is 0.338 e. The highest BCUT2D eigenvalue weighted by atomic mass is 35.5. The first kappa shape index (κ1) is 27.9. The van der Waals surface area contributed by atoms with Gasteiger partial charge in [-0.3, -0.25) is 14.2 Å². The van der Waals surface area contributed by atoms with E-state index < -0.39 is 5.97 Å². The van der Waals surface area contributed by atoms with Crippen LogP contribution in [0.5, 0.6) is 0 Å². The molecule has 0 saturated heterocycles. The lowest BCUT2D eigenvalue weighted by atomic mass is 10.1. The highest BCUT2D eigenvalue weighted by Gasteiger charge is 2.18. The van der Waals surface area contributed by atoms with Crippen LogP contribution in [-0.4, -0.2) is 44.9 Å². The van der Waals surface area contributed by atoms with Gasteiger partial charge < -0.3 is 15.4 Å². The Morgan fingerprint density at radius 1 is 0.974 bits per heavy atom. The van der Waals surface area contributed by atoms with E-state index in [4.69, 9.17) is 16.3 Å². The molecule has 200 valence electrons. The van der Waals surface area contributed by atoms with Gasteiger partial charge in [0, 0.05) is 11.3 Å². The Morgan fingerprint density at radius 3 is 2.51 bits per heavy atom. The van der Waals surface area contributed by atoms with E-state index in [2.05, 4.69) is 20.8 Å². The van der Waals surface area contributed by atoms with E-state index in [1.807, 2.05) is 55.5 Å². The van der Waals surface area contributed by atoms with Gasteiger partial charge in [0.15, 0.2) is 11.0 Å². The monoisotopic (exact) mass is 563 g/mol. The molecule has 39 heavy (non-hydrogen) atoms. The molecule has 0 spiro atoms. The number of para-hydroxylation sites is 1. The number of aromatic nitrogens is 3. The molecule has 0 aliphatic carbocycles. The average Bonchev–Trinajstić information content (AvgIpc) is 3.35. The zero-order chi connectivity index (χ0) is 27.8. The number of carbonyl (C=O) groups is 3. The van der Waals surface area contributed by atoms with Crippen molar-refractivity contribution in [2.75, 3.05) is 17.7 Å². The molecule has 9 nitrogen and oxygen atoms in total. The summed E-state index contributed by atoms with van der Waals surface area (Å²) in [5.41, 5.74) is 2.91. The van der Waals surface area contributed by atoms with E-state index in [0.717, 1.165) is 11.3 Å². The molecular weight excluding hydrogens is 538 g/mol. The molecule has 0 aliphatic rings. The molecule has 4 rings (SSSR count). The van der Waals surface area contributed by atoms with Crippen LogP contribution in [0.1, 0.15) is 39.0 Å². The topological polar surface area (TPSA) is 115 Å². The van der Waals surface area contributed by atoms with Crippen molar-refractivity contribution in [3.8, 4) is 5.69 Å². The highest BCUT2D eigenvalue weighted by Crippen LogP contribution is 2.26. The first-order valence-corrected chi connectivity index (χ1v) is 13.5. The van der Waals surface area contributed by atoms with Crippen LogP contribution < -0.4 is 10.6 Å². The summed E-state index contributed by atoms with van der Waals surface area (Å²) in [4.78, 5) is 37.5. The number of esters is 1. The van der Waals surface area contributed by atoms with Gasteiger partial charge in [-0.15, -0.1) is 10.2 Å². The number of thioether (sulfide) groups is 1. The number of ether oxygens (including phenoxy) is 1. The zero-order valence-corrected chi connectivity index (χ0v) is 22.9. The number of benzene rings is 3. The fourth-order valence-corrected chi connectivity index (χ4v) is 4.61. The van der Waals surface area contributed by atoms with E-state index in [-0.39, 0.29) is 36.3 Å². The van der Waals surface area contributed by atoms with Crippen LogP contribution in [-0.2, 0) is 16.1 Å². The van der Waals surface area contributed by atoms with Crippen molar-refractivity contribution in [1.29, 1.82) is 0 Å². The van der Waals surface area contributed by atoms with Gasteiger partial charge in [-0.25, -0.2) is 4.79 Å². The lowest BCUT2D eigenvalue weighted by molar-refractivity contribution is -0.113. The first-order chi connectivity index (χ1) is 18.9. The molecule has 1 aromatic heterocycles. The van der Waals surface area contributed by atoms with E-state index in [1.54, 1.807) is 17.6 Å². The minimum Gasteiger partial charge on any atom is -0.462 e. The summed E-state index contributed by atoms with van der Waals surface area (Å²) in [6.45, 7) is 4.01. The van der Waals surface area contributed by atoms with Crippen molar-refractivity contribution in [2.45, 2.75) is 25.5 Å². The summed E-state index contributed by atoms with van der Waals surface area (Å²) >= 11 is 7.40. The quantitative estimate of drug-likeness (QED) is 0.204. The molecule has 3 aromatic carbocycles. The van der Waals surface area contributed by atoms with Crippen LogP contribution in [0.2, 0.25) is 5.02 Å². The van der Waals surface area contributed by atoms with E-state index >= 15 is 0 Å². The summed E-state index contributed by atoms with van der Waals surface area (Å²) in [6.07, 6.45) is 0. The van der Waals surface area contributed by atoms with Crippen LogP contribution in [0, 0.1) is 6.92 Å². The van der Waals surface area contributed by atoms with E-state index in [0.29, 0.717) is 27.3 Å². The Hall–Kier alpha value is -4.15. The van der Waals surface area contributed by atoms with Crippen molar-refractivity contribution in [1.82, 2.24) is 20.1 Å². The molecule has 0 saturated carbocycles. The number of nitrogens with zero attached hydrogens (tertiary/aromatic N) is 3. The summed E-state index contributed by atoms with van der Waals surface area (Å²) < 4.78 is 6.81. The fourth-order valence-electron chi connectivity index (χ4n) is 3.67. The molecule has 11 heteroatoms. The van der Waals surface area contributed by atoms with E-state index in [1.165, 1.54) is 30.0 Å². The third-order valence-electron chi connectivity index (χ3n) is 5.49. The second-order valence-corrected chi connectivity index (χ2v) is 9.72. The summed E-state index contributed by atoms with van der Waals surface area (Å²) in [7, 11) is 0. The number of hydrogen-bond acceptors (Lipinski definition) is 7. The van der Waals surface area contributed by atoms with Gasteiger partial charge in [0.05, 0.1) is 35.2 Å². The zero-order valence-electron chi connectivity index (χ0n) is 21.3. The number of hydrogen-bond donors (Lipinski definition) is 2. The summed E-state index contributed by atoms with van der Waals surface area (Å²) in [5.74, 6) is -0.565. The van der Waals surface area contributed by atoms with E-state index in [9.17, 15) is 14.4 Å². The maximum Gasteiger partial charge on any atom is 0.338 e. The Kier molecular flexibility index (Phi) is 9.35. The predicted molar refractivity (Wildman–Crippen MR) is 150 cm³/mol. The van der Waals surface area contributed by atoms with Gasteiger partial charge in [0.1, 0.15) is 0 Å². The van der Waals surface area contributed by atoms with Gasteiger partial charge in [-0.2, -0.15) is 0 Å². The van der Waals surface area contributed by atoms with Crippen LogP contribution in [0.4, 0.5) is 5.69 Å². The third-order valence-corrected chi connectivity index (χ3v) is 6.74. The fraction of sp³-hybridized carbons (Fsp3) is 0.179. The molecule has 0 fully saturated rings. The number of amides is 2. The molecular formula is C28H26ClN5O4S. The van der Waals surface area contributed by atoms with Crippen molar-refractivity contribution in [2.24, 2.45) is 0 Å². The number of nitrogens with one attached hydrogen (secondary N) is 2. The van der Waals surface area contributed by atoms with Crippen molar-refractivity contribution < 1.29 is 19.1 Å². The van der Waals surface area contributed by atoms with Crippen molar-refractivity contribution >= 4 is 46.8 Å². The first-order valence-electron chi connectivity index (χ1n) is 12.1. The van der Waals surface area contributed by atoms with Gasteiger partial charge in [-0.05, 0) is 56.3 Å². The van der Waals surface area contributed by atoms with Crippen molar-refractivity contribution in [3.05, 3.63) is 100 Å². The Balaban J connectivity index is 1.47. The van der Waals surface area contributed by atoms with Gasteiger partial charge in [0.25, 0.3) is 5.91 Å². The SMILES string of the molecule is CCOC(=O)c1ccc(Cl)c(NC(=O)CSc2nnc(CNC(=O)c3cccc(C)c3)n2-c2ccccc2)c1. The van der Waals surface area contributed by atoms with Crippen LogP contribution in [0.15, 0.2) is 78.0 Å². The molecule has 0 atom stereocenters. The lowest BCUT2D eigenvalue weighted by Gasteiger charge is -2.12. The normalized spacial score (nSPS) is 10.6. The molecule has 4 aromatic rings. The van der Waals surface area contributed by atoms with Crippen LogP contribution >= 0.6 is 23.4 Å². The second kappa shape index (κ2) is 13.1. The molecule has 0 unspecified atom stereocenters. The molecule has 2 amide bonds. The molecule has 2 N–H and O–H groups in total. The van der Waals surface area contributed by atoms with Gasteiger partial charge >= 0.3 is 5.97 Å². The number of aryl methyl sites for hydroxylation is 1. The molecule has 1 heterocycles. The molecule has 0 radical (unpaired) electrons. The number of carbonyl (C=O) groups excluding carboxylic acids is 3. The summed E-state index contributed by atoms with van der Waals surface area (Å²) in [5, 5.41) is 14.9. The van der Waals surface area contributed by atoms with Crippen LogP contribution in [0.3, 0.4) is 0 Å². The minimum absolute atomic E-state index is 0.000577. The second-order valence-electron chi connectivity index (χ2n) is 8.37. The average molecular weight is 564 g/mol. The Morgan fingerprint density at radius 2 is 1.77 bits per heavy atom. The van der Waals surface area contributed by atoms with Crippen LogP contribution in [0.25, 0.3) is 5.69 Å². The lowest BCUT2D eigenvalue weighted by Crippen LogP contribution is -2.24. The maximum atomic E-state index is 12.8. The molecule has 0 aliphatic heterocycles. The van der Waals surface area contributed by atoms with Gasteiger partial charge in [0.2, 0.25) is 5.91 Å². The Bertz CT molecular complexity index is 1490. The van der Waals surface area contributed by atoms with Gasteiger partial charge in [-0.1, -0.05) is 59.3 Å². The maximum absolute atomic E-state index is 12.8. The minimum atomic E-state index is -0.503. The number of rotatable bonds is 10. The van der Waals surface area contributed by atoms with Crippen molar-refractivity contribution in [3.63, 3.8) is 0 Å². The third kappa shape index (κ3) is 7.24. The number of anilines is 1. The predicted octanol–water partition coefficient (Wildman–Crippen LogP) is 5.07. The largest absolute Gasteiger partial charge is 0.462 e. The highest BCUT2D eigenvalue weighted by molar-refractivity contribution is 7.99. The number of halogens is 1. The summed E-state index contributed by atoms with van der Waals surface area (Å²) in [6, 6.07) is 21.3. The molecule has 0 bridgehead atoms. The standard InChI is InChI=1S/C28H26ClN5O4S/c1-3-38-27(37)20-12-13-22(29)23(15-20)31-25(35)17-39-28-33-32-24(34(28)21-10-5-4-6-11-21)16-30-26(36)19-9-7-8-18(2)14-19/h4-15H,3,16-17H2,1-2H3,(H,30,36)(H,31,35). The Labute approximate surface area is 234 Å².